The molecule has 2 amide bonds. The summed E-state index contributed by atoms with van der Waals surface area (Å²) in [6.07, 6.45) is 0. The summed E-state index contributed by atoms with van der Waals surface area (Å²) in [5, 5.41) is 6.95. The molecule has 7 nitrogen and oxygen atoms in total. The van der Waals surface area contributed by atoms with Gasteiger partial charge in [-0.05, 0) is 19.1 Å². The number of carbonyl (C=O) groups is 1. The molecule has 1 aromatic carbocycles. The van der Waals surface area contributed by atoms with Gasteiger partial charge >= 0.3 is 6.03 Å². The molecule has 0 saturated carbocycles. The van der Waals surface area contributed by atoms with Gasteiger partial charge in [-0.3, -0.25) is 5.32 Å². The number of aromatic nitrogens is 2. The Labute approximate surface area is 122 Å². The van der Waals surface area contributed by atoms with Crippen LogP contribution in [0.1, 0.15) is 5.56 Å². The Bertz CT molecular complexity index is 610. The molecule has 2 rings (SSSR count). The van der Waals surface area contributed by atoms with Crippen LogP contribution in [0.25, 0.3) is 5.69 Å². The Hall–Kier alpha value is -2.54. The molecule has 0 bridgehead atoms. The van der Waals surface area contributed by atoms with Crippen LogP contribution in [0.3, 0.4) is 0 Å². The highest BCUT2D eigenvalue weighted by molar-refractivity contribution is 5.88. The molecule has 0 radical (unpaired) electrons. The van der Waals surface area contributed by atoms with Crippen LogP contribution in [0.4, 0.5) is 10.6 Å². The summed E-state index contributed by atoms with van der Waals surface area (Å²) in [5.41, 5.74) is 6.72. The van der Waals surface area contributed by atoms with Gasteiger partial charge in [-0.25, -0.2) is 9.48 Å². The zero-order chi connectivity index (χ0) is 15.2. The second-order valence-electron chi connectivity index (χ2n) is 4.36. The molecule has 0 fully saturated rings. The summed E-state index contributed by atoms with van der Waals surface area (Å²) >= 11 is 0. The summed E-state index contributed by atoms with van der Waals surface area (Å²) in [4.78, 5) is 11.2. The van der Waals surface area contributed by atoms with E-state index in [-0.39, 0.29) is 0 Å². The number of ether oxygens (including phenoxy) is 2. The van der Waals surface area contributed by atoms with Crippen molar-refractivity contribution in [3.63, 3.8) is 0 Å². The van der Waals surface area contributed by atoms with E-state index in [1.54, 1.807) is 18.7 Å². The Morgan fingerprint density at radius 3 is 2.67 bits per heavy atom. The Morgan fingerprint density at radius 1 is 1.33 bits per heavy atom. The van der Waals surface area contributed by atoms with Gasteiger partial charge in [-0.2, -0.15) is 0 Å². The summed E-state index contributed by atoms with van der Waals surface area (Å²) in [6, 6.07) is 8.75. The lowest BCUT2D eigenvalue weighted by Gasteiger charge is -2.07. The third kappa shape index (κ3) is 3.51. The van der Waals surface area contributed by atoms with E-state index >= 15 is 0 Å². The molecule has 1 heterocycles. The van der Waals surface area contributed by atoms with Gasteiger partial charge in [-0.15, -0.1) is 5.10 Å². The number of nitrogens with one attached hydrogen (secondary N) is 1. The lowest BCUT2D eigenvalue weighted by Crippen LogP contribution is -2.21. The fraction of sp³-hybridized carbons (Fsp3) is 0.286. The van der Waals surface area contributed by atoms with Crippen LogP contribution < -0.4 is 15.8 Å². The van der Waals surface area contributed by atoms with E-state index in [0.29, 0.717) is 30.5 Å². The van der Waals surface area contributed by atoms with Crippen LogP contribution >= 0.6 is 0 Å². The van der Waals surface area contributed by atoms with E-state index in [4.69, 9.17) is 15.2 Å². The molecule has 0 aliphatic rings. The SMILES string of the molecule is COCCOc1nn(-c2ccccc2)c(NC(N)=O)c1C. The van der Waals surface area contributed by atoms with Crippen molar-refractivity contribution in [2.45, 2.75) is 6.92 Å². The van der Waals surface area contributed by atoms with Gasteiger partial charge in [-0.1, -0.05) is 18.2 Å². The number of nitrogens with zero attached hydrogens (tertiary/aromatic N) is 2. The van der Waals surface area contributed by atoms with Crippen molar-refractivity contribution in [3.05, 3.63) is 35.9 Å². The van der Waals surface area contributed by atoms with Crippen LogP contribution in [-0.4, -0.2) is 36.1 Å². The first kappa shape index (κ1) is 14.9. The van der Waals surface area contributed by atoms with Crippen molar-refractivity contribution < 1.29 is 14.3 Å². The molecule has 0 aliphatic heterocycles. The Balaban J connectivity index is 2.37. The molecule has 0 spiro atoms. The van der Waals surface area contributed by atoms with Crippen LogP contribution in [0, 0.1) is 6.92 Å². The molecule has 0 atom stereocenters. The number of anilines is 1. The number of urea groups is 1. The fourth-order valence-corrected chi connectivity index (χ4v) is 1.85. The van der Waals surface area contributed by atoms with E-state index in [1.807, 2.05) is 30.3 Å². The third-order valence-electron chi connectivity index (χ3n) is 2.85. The number of hydrogen-bond donors (Lipinski definition) is 2. The maximum Gasteiger partial charge on any atom is 0.317 e. The number of hydrogen-bond acceptors (Lipinski definition) is 4. The average Bonchev–Trinajstić information content (AvgIpc) is 2.77. The largest absolute Gasteiger partial charge is 0.474 e. The molecular formula is C14H18N4O3. The number of amides is 2. The molecule has 0 aliphatic carbocycles. The summed E-state index contributed by atoms with van der Waals surface area (Å²) in [6.45, 7) is 2.63. The minimum Gasteiger partial charge on any atom is -0.474 e. The van der Waals surface area contributed by atoms with Crippen molar-refractivity contribution >= 4 is 11.8 Å². The molecule has 0 saturated heterocycles. The first-order valence-corrected chi connectivity index (χ1v) is 6.46. The molecule has 1 aromatic heterocycles. The lowest BCUT2D eigenvalue weighted by molar-refractivity contribution is 0.143. The predicted molar refractivity (Wildman–Crippen MR) is 78.9 cm³/mol. The van der Waals surface area contributed by atoms with Crippen LogP contribution in [0.2, 0.25) is 0 Å². The van der Waals surface area contributed by atoms with Gasteiger partial charge in [0.2, 0.25) is 5.88 Å². The van der Waals surface area contributed by atoms with E-state index in [9.17, 15) is 4.79 Å². The van der Waals surface area contributed by atoms with Crippen molar-refractivity contribution in [2.24, 2.45) is 5.73 Å². The maximum absolute atomic E-state index is 11.2. The van der Waals surface area contributed by atoms with E-state index in [1.165, 1.54) is 0 Å². The average molecular weight is 290 g/mol. The standard InChI is InChI=1S/C14H18N4O3/c1-10-12(16-14(15)19)18(11-6-4-3-5-7-11)17-13(10)21-9-8-20-2/h3-7H,8-9H2,1-2H3,(H3,15,16,19). The van der Waals surface area contributed by atoms with Gasteiger partial charge in [0.05, 0.1) is 17.9 Å². The second kappa shape index (κ2) is 6.76. The minimum absolute atomic E-state index is 0.374. The van der Waals surface area contributed by atoms with E-state index in [2.05, 4.69) is 10.4 Å². The maximum atomic E-state index is 11.2. The summed E-state index contributed by atoms with van der Waals surface area (Å²) in [7, 11) is 1.60. The Kier molecular flexibility index (Phi) is 4.78. The van der Waals surface area contributed by atoms with Gasteiger partial charge in [0.1, 0.15) is 12.4 Å². The van der Waals surface area contributed by atoms with Crippen molar-refractivity contribution in [1.82, 2.24) is 9.78 Å². The van der Waals surface area contributed by atoms with Crippen LogP contribution in [0.15, 0.2) is 30.3 Å². The number of primary amides is 1. The van der Waals surface area contributed by atoms with E-state index < -0.39 is 6.03 Å². The van der Waals surface area contributed by atoms with E-state index in [0.717, 1.165) is 5.69 Å². The number of rotatable bonds is 6. The molecule has 112 valence electrons. The van der Waals surface area contributed by atoms with Crippen molar-refractivity contribution in [3.8, 4) is 11.6 Å². The molecule has 2 aromatic rings. The molecule has 3 N–H and O–H groups in total. The first-order valence-electron chi connectivity index (χ1n) is 6.46. The third-order valence-corrected chi connectivity index (χ3v) is 2.85. The summed E-state index contributed by atoms with van der Waals surface area (Å²) in [5.74, 6) is 0.917. The fourth-order valence-electron chi connectivity index (χ4n) is 1.85. The zero-order valence-corrected chi connectivity index (χ0v) is 12.0. The Morgan fingerprint density at radius 2 is 2.05 bits per heavy atom. The predicted octanol–water partition coefficient (Wildman–Crippen LogP) is 1.70. The number of benzene rings is 1. The highest BCUT2D eigenvalue weighted by Crippen LogP contribution is 2.28. The van der Waals surface area contributed by atoms with Gasteiger partial charge in [0.15, 0.2) is 0 Å². The normalized spacial score (nSPS) is 10.4. The van der Waals surface area contributed by atoms with Crippen molar-refractivity contribution in [1.29, 1.82) is 0 Å². The first-order chi connectivity index (χ1) is 10.1. The molecule has 21 heavy (non-hydrogen) atoms. The number of para-hydroxylation sites is 1. The number of methoxy groups -OCH3 is 1. The molecule has 7 heteroatoms. The topological polar surface area (TPSA) is 91.4 Å². The van der Waals surface area contributed by atoms with Crippen molar-refractivity contribution in [2.75, 3.05) is 25.6 Å². The minimum atomic E-state index is -0.654. The number of carbonyl (C=O) groups excluding carboxylic acids is 1. The second-order valence-corrected chi connectivity index (χ2v) is 4.36. The van der Waals surface area contributed by atoms with Gasteiger partial charge < -0.3 is 15.2 Å². The lowest BCUT2D eigenvalue weighted by atomic mass is 10.3. The molecule has 0 unspecified atom stereocenters. The quantitative estimate of drug-likeness (QED) is 0.792. The monoisotopic (exact) mass is 290 g/mol. The smallest absolute Gasteiger partial charge is 0.317 e. The van der Waals surface area contributed by atoms with Gasteiger partial charge in [0, 0.05) is 7.11 Å². The van der Waals surface area contributed by atoms with Crippen LogP contribution in [0.5, 0.6) is 5.88 Å². The highest BCUT2D eigenvalue weighted by atomic mass is 16.5. The van der Waals surface area contributed by atoms with Crippen LogP contribution in [-0.2, 0) is 4.74 Å². The molecular weight excluding hydrogens is 272 g/mol. The van der Waals surface area contributed by atoms with Gasteiger partial charge in [0.25, 0.3) is 0 Å². The summed E-state index contributed by atoms with van der Waals surface area (Å²) < 4.78 is 12.1. The zero-order valence-electron chi connectivity index (χ0n) is 12.0. The number of nitrogens with two attached hydrogens (primary N) is 1. The highest BCUT2D eigenvalue weighted by Gasteiger charge is 2.17.